The lowest BCUT2D eigenvalue weighted by Gasteiger charge is -2.46. The van der Waals surface area contributed by atoms with Gasteiger partial charge in [-0.3, -0.25) is 4.79 Å². The zero-order valence-corrected chi connectivity index (χ0v) is 29.6. The molecule has 290 valence electrons. The van der Waals surface area contributed by atoms with Crippen molar-refractivity contribution in [1.82, 2.24) is 5.32 Å². The number of rotatable bonds is 24. The fourth-order valence-corrected chi connectivity index (χ4v) is 5.66. The fourth-order valence-electron chi connectivity index (χ4n) is 5.66. The number of unbranched alkanes of at least 4 members (excludes halogenated alkanes) is 7. The number of nitrogens with one attached hydrogen (secondary N) is 1. The number of amides is 1. The lowest BCUT2D eigenvalue weighted by atomic mass is 9.97. The minimum Gasteiger partial charge on any atom is -0.394 e. The van der Waals surface area contributed by atoms with E-state index in [-0.39, 0.29) is 18.9 Å². The van der Waals surface area contributed by atoms with Crippen LogP contribution in [0.1, 0.15) is 90.9 Å². The normalized spacial score (nSPS) is 31.9. The Hall–Kier alpha value is -1.79. The quantitative estimate of drug-likeness (QED) is 0.0500. The Labute approximate surface area is 296 Å². The summed E-state index contributed by atoms with van der Waals surface area (Å²) in [4.78, 5) is 12.7. The van der Waals surface area contributed by atoms with Crippen LogP contribution < -0.4 is 5.32 Å². The molecule has 0 aromatic rings. The van der Waals surface area contributed by atoms with Gasteiger partial charge in [-0.2, -0.15) is 0 Å². The Bertz CT molecular complexity index is 993. The second-order valence-corrected chi connectivity index (χ2v) is 13.0. The molecule has 9 N–H and O–H groups in total. The number of hydrogen-bond acceptors (Lipinski definition) is 13. The van der Waals surface area contributed by atoms with Crippen molar-refractivity contribution < 1.29 is 64.6 Å². The lowest BCUT2D eigenvalue weighted by molar-refractivity contribution is -0.359. The molecular formula is C36H63NO13. The summed E-state index contributed by atoms with van der Waals surface area (Å²) < 4.78 is 22.4. The van der Waals surface area contributed by atoms with E-state index in [2.05, 4.69) is 43.5 Å². The number of carbonyl (C=O) groups is 1. The largest absolute Gasteiger partial charge is 0.394 e. The molecule has 0 bridgehead atoms. The topological polar surface area (TPSA) is 228 Å². The van der Waals surface area contributed by atoms with Crippen molar-refractivity contribution in [3.63, 3.8) is 0 Å². The Morgan fingerprint density at radius 1 is 0.700 bits per heavy atom. The van der Waals surface area contributed by atoms with Crippen LogP contribution in [0.4, 0.5) is 0 Å². The zero-order chi connectivity index (χ0) is 36.9. The van der Waals surface area contributed by atoms with Crippen molar-refractivity contribution in [2.45, 2.75) is 164 Å². The number of carbonyl (C=O) groups excluding carboxylic acids is 1. The van der Waals surface area contributed by atoms with E-state index in [9.17, 15) is 45.6 Å². The lowest BCUT2D eigenvalue weighted by Crippen LogP contribution is -2.65. The second kappa shape index (κ2) is 25.2. The van der Waals surface area contributed by atoms with Crippen molar-refractivity contribution in [3.05, 3.63) is 36.5 Å². The molecule has 2 fully saturated rings. The summed E-state index contributed by atoms with van der Waals surface area (Å²) >= 11 is 0. The third kappa shape index (κ3) is 15.1. The predicted octanol–water partition coefficient (Wildman–Crippen LogP) is 0.862. The van der Waals surface area contributed by atoms with Crippen LogP contribution in [0.25, 0.3) is 0 Å². The summed E-state index contributed by atoms with van der Waals surface area (Å²) in [6.45, 7) is 2.50. The first kappa shape index (κ1) is 44.4. The Balaban J connectivity index is 1.99. The first-order valence-corrected chi connectivity index (χ1v) is 18.2. The van der Waals surface area contributed by atoms with Gasteiger partial charge >= 0.3 is 0 Å². The molecular weight excluding hydrogens is 654 g/mol. The third-order valence-corrected chi connectivity index (χ3v) is 8.81. The molecule has 0 aromatic carbocycles. The molecule has 0 spiro atoms. The van der Waals surface area contributed by atoms with Crippen LogP contribution in [0.5, 0.6) is 0 Å². The highest BCUT2D eigenvalue weighted by Crippen LogP contribution is 2.29. The van der Waals surface area contributed by atoms with Crippen LogP contribution >= 0.6 is 0 Å². The maximum atomic E-state index is 12.7. The molecule has 14 heteroatoms. The van der Waals surface area contributed by atoms with Crippen LogP contribution in [0.2, 0.25) is 0 Å². The first-order chi connectivity index (χ1) is 24.1. The van der Waals surface area contributed by atoms with Gasteiger partial charge in [0.2, 0.25) is 5.91 Å². The van der Waals surface area contributed by atoms with Gasteiger partial charge in [0.25, 0.3) is 0 Å². The fraction of sp³-hybridized carbons (Fsp3) is 0.806. The summed E-state index contributed by atoms with van der Waals surface area (Å²) in [6, 6.07) is -0.927. The molecule has 0 radical (unpaired) electrons. The van der Waals surface area contributed by atoms with E-state index in [0.717, 1.165) is 44.9 Å². The maximum absolute atomic E-state index is 12.7. The highest BCUT2D eigenvalue weighted by atomic mass is 16.7. The molecule has 2 heterocycles. The number of ether oxygens (including phenoxy) is 4. The van der Waals surface area contributed by atoms with E-state index in [1.165, 1.54) is 12.8 Å². The van der Waals surface area contributed by atoms with Crippen molar-refractivity contribution >= 4 is 5.91 Å². The highest BCUT2D eigenvalue weighted by Gasteiger charge is 2.50. The summed E-state index contributed by atoms with van der Waals surface area (Å²) in [7, 11) is 0. The zero-order valence-electron chi connectivity index (χ0n) is 29.6. The highest BCUT2D eigenvalue weighted by molar-refractivity contribution is 5.76. The van der Waals surface area contributed by atoms with Crippen LogP contribution in [-0.4, -0.2) is 140 Å². The van der Waals surface area contributed by atoms with Crippen LogP contribution in [-0.2, 0) is 23.7 Å². The van der Waals surface area contributed by atoms with Gasteiger partial charge < -0.3 is 65.1 Å². The van der Waals surface area contributed by atoms with Crippen molar-refractivity contribution in [3.8, 4) is 0 Å². The number of allylic oxidation sites excluding steroid dienone is 5. The van der Waals surface area contributed by atoms with Crippen LogP contribution in [0.15, 0.2) is 36.5 Å². The molecule has 2 aliphatic heterocycles. The van der Waals surface area contributed by atoms with Crippen LogP contribution in [0, 0.1) is 0 Å². The minimum atomic E-state index is -1.79. The summed E-state index contributed by atoms with van der Waals surface area (Å²) in [5.74, 6) is -0.278. The molecule has 2 saturated heterocycles. The van der Waals surface area contributed by atoms with Gasteiger partial charge in [-0.25, -0.2) is 0 Å². The monoisotopic (exact) mass is 717 g/mol. The van der Waals surface area contributed by atoms with E-state index >= 15 is 0 Å². The molecule has 2 rings (SSSR count). The van der Waals surface area contributed by atoms with E-state index in [1.54, 1.807) is 6.08 Å². The van der Waals surface area contributed by atoms with Gasteiger partial charge in [-0.05, 0) is 38.5 Å². The molecule has 12 unspecified atom stereocenters. The van der Waals surface area contributed by atoms with Crippen molar-refractivity contribution in [2.24, 2.45) is 0 Å². The first-order valence-electron chi connectivity index (χ1n) is 18.2. The minimum absolute atomic E-state index is 0.260. The molecule has 2 aliphatic rings. The van der Waals surface area contributed by atoms with Gasteiger partial charge in [-0.15, -0.1) is 0 Å². The third-order valence-electron chi connectivity index (χ3n) is 8.81. The maximum Gasteiger partial charge on any atom is 0.220 e. The van der Waals surface area contributed by atoms with Gasteiger partial charge in [0.1, 0.15) is 48.8 Å². The van der Waals surface area contributed by atoms with E-state index in [0.29, 0.717) is 12.8 Å². The second-order valence-electron chi connectivity index (χ2n) is 13.0. The van der Waals surface area contributed by atoms with E-state index in [1.807, 2.05) is 6.08 Å². The molecule has 12 atom stereocenters. The number of aliphatic hydroxyl groups excluding tert-OH is 8. The van der Waals surface area contributed by atoms with E-state index in [4.69, 9.17) is 18.9 Å². The predicted molar refractivity (Wildman–Crippen MR) is 184 cm³/mol. The standard InChI is InChI=1S/C36H63NO13/c1-3-5-7-9-10-11-12-13-14-15-16-17-19-25(40)24(37-28(41)20-18-8-6-4-2)23-47-35-33(46)31(44)34(27(22-39)49-35)50-36-32(45)30(43)29(42)26(21-38)48-36/h9-10,13-14,17,19,24-27,29-36,38-40,42-46H,3-8,11-12,15-16,18,20-23H2,1-2H3,(H,37,41)/b10-9+,14-13+,19-17+. The molecule has 1 amide bonds. The molecule has 0 saturated carbocycles. The van der Waals surface area contributed by atoms with Crippen LogP contribution in [0.3, 0.4) is 0 Å². The Kier molecular flexibility index (Phi) is 22.4. The van der Waals surface area contributed by atoms with Gasteiger partial charge in [0.15, 0.2) is 12.6 Å². The Morgan fingerprint density at radius 2 is 1.28 bits per heavy atom. The van der Waals surface area contributed by atoms with Gasteiger partial charge in [-0.1, -0.05) is 82.4 Å². The van der Waals surface area contributed by atoms with Crippen molar-refractivity contribution in [2.75, 3.05) is 19.8 Å². The summed E-state index contributed by atoms with van der Waals surface area (Å²) in [5, 5.41) is 85.5. The summed E-state index contributed by atoms with van der Waals surface area (Å²) in [5.41, 5.74) is 0. The van der Waals surface area contributed by atoms with E-state index < -0.39 is 86.8 Å². The van der Waals surface area contributed by atoms with Crippen molar-refractivity contribution in [1.29, 1.82) is 0 Å². The molecule has 50 heavy (non-hydrogen) atoms. The van der Waals surface area contributed by atoms with Gasteiger partial charge in [0, 0.05) is 6.42 Å². The number of hydrogen-bond donors (Lipinski definition) is 9. The summed E-state index contributed by atoms with van der Waals surface area (Å²) in [6.07, 6.45) is 5.76. The smallest absolute Gasteiger partial charge is 0.220 e. The average Bonchev–Trinajstić information content (AvgIpc) is 3.11. The Morgan fingerprint density at radius 3 is 1.90 bits per heavy atom. The number of aliphatic hydroxyl groups is 8. The SMILES string of the molecule is CCCC/C=C/CC/C=C/CC/C=C/C(O)C(COC1OC(CO)C(OC2OC(CO)C(O)C(O)C2O)C(O)C1O)NC(=O)CCCCCC. The molecule has 0 aliphatic carbocycles. The molecule has 14 nitrogen and oxygen atoms in total. The average molecular weight is 718 g/mol. The molecule has 0 aromatic heterocycles. The van der Waals surface area contributed by atoms with Gasteiger partial charge in [0.05, 0.1) is 32.0 Å².